The summed E-state index contributed by atoms with van der Waals surface area (Å²) in [5.41, 5.74) is 0.971. The first kappa shape index (κ1) is 19.3. The van der Waals surface area contributed by atoms with Gasteiger partial charge in [0, 0.05) is 44.3 Å². The van der Waals surface area contributed by atoms with Gasteiger partial charge in [0.1, 0.15) is 5.82 Å². The summed E-state index contributed by atoms with van der Waals surface area (Å²) in [5.74, 6) is 0.780. The summed E-state index contributed by atoms with van der Waals surface area (Å²) in [6, 6.07) is 5.74. The molecule has 0 aromatic carbocycles. The molecule has 0 fully saturated rings. The van der Waals surface area contributed by atoms with Gasteiger partial charge in [-0.25, -0.2) is 4.98 Å². The fourth-order valence-corrected chi connectivity index (χ4v) is 1.90. The van der Waals surface area contributed by atoms with E-state index in [1.165, 1.54) is 12.4 Å². The third-order valence-electron chi connectivity index (χ3n) is 3.00. The number of imidazole rings is 1. The summed E-state index contributed by atoms with van der Waals surface area (Å²) in [5, 5.41) is 6.06. The molecule has 0 spiro atoms. The van der Waals surface area contributed by atoms with Gasteiger partial charge in [0.05, 0.1) is 6.54 Å². The van der Waals surface area contributed by atoms with Gasteiger partial charge in [0.2, 0.25) is 0 Å². The first-order valence-corrected chi connectivity index (χ1v) is 6.85. The maximum absolute atomic E-state index is 12.7. The molecule has 0 saturated carbocycles. The number of nitrogens with zero attached hydrogens (tertiary/aromatic N) is 4. The minimum atomic E-state index is -2.60. The molecule has 0 unspecified atom stereocenters. The normalized spacial score (nSPS) is 11.2. The maximum Gasteiger partial charge on any atom is 0.319 e. The van der Waals surface area contributed by atoms with E-state index in [2.05, 4.69) is 25.6 Å². The average molecular weight is 436 g/mol. The third kappa shape index (κ3) is 6.08. The molecule has 0 amide bonds. The second kappa shape index (κ2) is 10.1. The fourth-order valence-electron chi connectivity index (χ4n) is 1.90. The molecule has 2 N–H and O–H groups in total. The molecule has 0 aliphatic rings. The summed E-state index contributed by atoms with van der Waals surface area (Å²) in [6.45, 7) is -1.79. The molecular formula is C14H19F2IN6. The summed E-state index contributed by atoms with van der Waals surface area (Å²) < 4.78 is 26.2. The van der Waals surface area contributed by atoms with Crippen LogP contribution in [0.4, 0.5) is 8.78 Å². The largest absolute Gasteiger partial charge is 0.356 e. The molecule has 2 aromatic heterocycles. The predicted molar refractivity (Wildman–Crippen MR) is 95.0 cm³/mol. The highest BCUT2D eigenvalue weighted by Crippen LogP contribution is 2.11. The van der Waals surface area contributed by atoms with Crippen molar-refractivity contribution in [3.05, 3.63) is 48.3 Å². The van der Waals surface area contributed by atoms with Gasteiger partial charge in [0.15, 0.2) is 5.96 Å². The molecule has 0 atom stereocenters. The fraction of sp³-hybridized carbons (Fsp3) is 0.357. The first-order chi connectivity index (χ1) is 10.7. The predicted octanol–water partition coefficient (Wildman–Crippen LogP) is 2.20. The average Bonchev–Trinajstić information content (AvgIpc) is 3.00. The van der Waals surface area contributed by atoms with Crippen LogP contribution < -0.4 is 10.6 Å². The molecule has 23 heavy (non-hydrogen) atoms. The standard InChI is InChI=1S/C14H18F2N6.HI/c1-17-14(20-7-5-11-4-2-3-6-18-11)21-10-12-19-8-9-22(12)13(15)16;/h2-4,6,8-9,13H,5,7,10H2,1H3,(H2,17,20,21);1H. The van der Waals surface area contributed by atoms with Crippen LogP contribution in [0.3, 0.4) is 0 Å². The Balaban J connectivity index is 0.00000264. The molecule has 2 aromatic rings. The van der Waals surface area contributed by atoms with Crippen molar-refractivity contribution < 1.29 is 8.78 Å². The Labute approximate surface area is 150 Å². The van der Waals surface area contributed by atoms with Gasteiger partial charge in [-0.3, -0.25) is 14.5 Å². The van der Waals surface area contributed by atoms with E-state index in [0.29, 0.717) is 12.5 Å². The number of hydrogen-bond donors (Lipinski definition) is 2. The topological polar surface area (TPSA) is 67.1 Å². The number of aromatic nitrogens is 3. The van der Waals surface area contributed by atoms with Crippen LogP contribution in [-0.2, 0) is 13.0 Å². The zero-order valence-electron chi connectivity index (χ0n) is 12.6. The van der Waals surface area contributed by atoms with Crippen molar-refractivity contribution in [2.45, 2.75) is 19.5 Å². The van der Waals surface area contributed by atoms with Gasteiger partial charge in [-0.1, -0.05) is 6.07 Å². The van der Waals surface area contributed by atoms with Gasteiger partial charge < -0.3 is 10.6 Å². The zero-order valence-corrected chi connectivity index (χ0v) is 14.9. The van der Waals surface area contributed by atoms with E-state index < -0.39 is 6.55 Å². The van der Waals surface area contributed by atoms with Crippen molar-refractivity contribution in [1.29, 1.82) is 0 Å². The van der Waals surface area contributed by atoms with E-state index in [0.717, 1.165) is 16.7 Å². The lowest BCUT2D eigenvalue weighted by atomic mass is 10.3. The quantitative estimate of drug-likeness (QED) is 0.414. The molecular weight excluding hydrogens is 417 g/mol. The lowest BCUT2D eigenvalue weighted by molar-refractivity contribution is 0.0668. The minimum absolute atomic E-state index is 0. The Morgan fingerprint density at radius 3 is 2.74 bits per heavy atom. The Kier molecular flexibility index (Phi) is 8.45. The van der Waals surface area contributed by atoms with Crippen LogP contribution in [0.2, 0.25) is 0 Å². The zero-order chi connectivity index (χ0) is 15.8. The van der Waals surface area contributed by atoms with Crippen LogP contribution in [0.1, 0.15) is 18.1 Å². The van der Waals surface area contributed by atoms with Crippen LogP contribution in [0, 0.1) is 0 Å². The van der Waals surface area contributed by atoms with E-state index in [-0.39, 0.29) is 36.3 Å². The highest BCUT2D eigenvalue weighted by molar-refractivity contribution is 14.0. The second-order valence-corrected chi connectivity index (χ2v) is 4.45. The monoisotopic (exact) mass is 436 g/mol. The van der Waals surface area contributed by atoms with E-state index in [1.54, 1.807) is 13.2 Å². The lowest BCUT2D eigenvalue weighted by Crippen LogP contribution is -2.38. The Hall–Kier alpha value is -1.78. The molecule has 0 aliphatic heterocycles. The van der Waals surface area contributed by atoms with Crippen molar-refractivity contribution >= 4 is 29.9 Å². The minimum Gasteiger partial charge on any atom is -0.356 e. The molecule has 0 radical (unpaired) electrons. The van der Waals surface area contributed by atoms with Gasteiger partial charge >= 0.3 is 6.55 Å². The molecule has 2 rings (SSSR count). The molecule has 6 nitrogen and oxygen atoms in total. The van der Waals surface area contributed by atoms with Gasteiger partial charge in [-0.2, -0.15) is 8.78 Å². The number of guanidine groups is 1. The van der Waals surface area contributed by atoms with Crippen LogP contribution >= 0.6 is 24.0 Å². The van der Waals surface area contributed by atoms with E-state index in [1.807, 2.05) is 18.2 Å². The van der Waals surface area contributed by atoms with Crippen molar-refractivity contribution in [3.8, 4) is 0 Å². The summed E-state index contributed by atoms with van der Waals surface area (Å²) in [4.78, 5) is 12.2. The third-order valence-corrected chi connectivity index (χ3v) is 3.00. The number of aliphatic imine (C=N–C) groups is 1. The number of alkyl halides is 2. The molecule has 0 aliphatic carbocycles. The number of halogens is 3. The van der Waals surface area contributed by atoms with Crippen LogP contribution in [0.5, 0.6) is 0 Å². The van der Waals surface area contributed by atoms with E-state index in [4.69, 9.17) is 0 Å². The number of hydrogen-bond acceptors (Lipinski definition) is 3. The van der Waals surface area contributed by atoms with Crippen molar-refractivity contribution in [2.75, 3.05) is 13.6 Å². The number of rotatable bonds is 6. The Morgan fingerprint density at radius 2 is 2.09 bits per heavy atom. The molecule has 9 heteroatoms. The summed E-state index contributed by atoms with van der Waals surface area (Å²) >= 11 is 0. The lowest BCUT2D eigenvalue weighted by Gasteiger charge is -2.12. The van der Waals surface area contributed by atoms with Crippen molar-refractivity contribution in [1.82, 2.24) is 25.2 Å². The van der Waals surface area contributed by atoms with E-state index >= 15 is 0 Å². The smallest absolute Gasteiger partial charge is 0.319 e. The van der Waals surface area contributed by atoms with E-state index in [9.17, 15) is 8.78 Å². The number of nitrogens with one attached hydrogen (secondary N) is 2. The second-order valence-electron chi connectivity index (χ2n) is 4.45. The van der Waals surface area contributed by atoms with Crippen LogP contribution in [0.15, 0.2) is 41.8 Å². The van der Waals surface area contributed by atoms with Crippen molar-refractivity contribution in [3.63, 3.8) is 0 Å². The highest BCUT2D eigenvalue weighted by Gasteiger charge is 2.11. The van der Waals surface area contributed by atoms with Crippen LogP contribution in [0.25, 0.3) is 0 Å². The van der Waals surface area contributed by atoms with Gasteiger partial charge in [-0.15, -0.1) is 24.0 Å². The molecule has 0 saturated heterocycles. The first-order valence-electron chi connectivity index (χ1n) is 6.85. The van der Waals surface area contributed by atoms with Gasteiger partial charge in [-0.05, 0) is 12.1 Å². The molecule has 126 valence electrons. The SMILES string of the molecule is CN=C(NCCc1ccccn1)NCc1nccn1C(F)F.I. The van der Waals surface area contributed by atoms with Gasteiger partial charge in [0.25, 0.3) is 0 Å². The molecule has 0 bridgehead atoms. The van der Waals surface area contributed by atoms with Crippen LogP contribution in [-0.4, -0.2) is 34.1 Å². The Morgan fingerprint density at radius 1 is 1.26 bits per heavy atom. The summed E-state index contributed by atoms with van der Waals surface area (Å²) in [6.07, 6.45) is 5.08. The van der Waals surface area contributed by atoms with Crippen molar-refractivity contribution in [2.24, 2.45) is 4.99 Å². The summed E-state index contributed by atoms with van der Waals surface area (Å²) in [7, 11) is 1.62. The maximum atomic E-state index is 12.7. The number of pyridine rings is 1. The molecule has 2 heterocycles. The Bertz CT molecular complexity index is 602. The highest BCUT2D eigenvalue weighted by atomic mass is 127.